The van der Waals surface area contributed by atoms with Crippen LogP contribution >= 0.6 is 0 Å². The van der Waals surface area contributed by atoms with Crippen LogP contribution in [0.15, 0.2) is 30.3 Å². The number of rotatable bonds is 3. The second-order valence-electron chi connectivity index (χ2n) is 3.87. The van der Waals surface area contributed by atoms with Crippen LogP contribution in [0.4, 0.5) is 4.39 Å². The molecule has 0 radical (unpaired) electrons. The Kier molecular flexibility index (Phi) is 3.06. The maximum absolute atomic E-state index is 12.8. The molecular weight excluding hydrogens is 203 g/mol. The molecule has 0 aliphatic heterocycles. The minimum Gasteiger partial charge on any atom is -0.358 e. The van der Waals surface area contributed by atoms with Gasteiger partial charge in [0.15, 0.2) is 0 Å². The van der Waals surface area contributed by atoms with Crippen molar-refractivity contribution in [1.29, 1.82) is 0 Å². The molecule has 1 heterocycles. The van der Waals surface area contributed by atoms with Gasteiger partial charge in [-0.25, -0.2) is 4.39 Å². The Morgan fingerprint density at radius 2 is 1.94 bits per heavy atom. The SMILES string of the molecule is CNCc1cc(-c2ccc(F)cc2)[nH]c1C. The number of benzene rings is 1. The zero-order valence-electron chi connectivity index (χ0n) is 9.47. The van der Waals surface area contributed by atoms with Crippen LogP contribution in [0.1, 0.15) is 11.3 Å². The lowest BCUT2D eigenvalue weighted by Gasteiger charge is -1.96. The van der Waals surface area contributed by atoms with Gasteiger partial charge >= 0.3 is 0 Å². The summed E-state index contributed by atoms with van der Waals surface area (Å²) in [6.07, 6.45) is 0. The largest absolute Gasteiger partial charge is 0.358 e. The summed E-state index contributed by atoms with van der Waals surface area (Å²) in [5.41, 5.74) is 4.42. The lowest BCUT2D eigenvalue weighted by atomic mass is 10.1. The topological polar surface area (TPSA) is 27.8 Å². The zero-order chi connectivity index (χ0) is 11.5. The summed E-state index contributed by atoms with van der Waals surface area (Å²) in [4.78, 5) is 3.30. The fourth-order valence-electron chi connectivity index (χ4n) is 1.76. The number of halogens is 1. The molecule has 0 bridgehead atoms. The molecule has 3 heteroatoms. The molecule has 0 spiro atoms. The molecule has 1 aromatic carbocycles. The Morgan fingerprint density at radius 1 is 1.25 bits per heavy atom. The molecule has 0 saturated carbocycles. The minimum absolute atomic E-state index is 0.206. The van der Waals surface area contributed by atoms with Gasteiger partial charge in [-0.1, -0.05) is 0 Å². The number of hydrogen-bond acceptors (Lipinski definition) is 1. The van der Waals surface area contributed by atoms with Gasteiger partial charge in [0.2, 0.25) is 0 Å². The van der Waals surface area contributed by atoms with Crippen molar-refractivity contribution >= 4 is 0 Å². The molecular formula is C13H15FN2. The third-order valence-corrected chi connectivity index (χ3v) is 2.64. The van der Waals surface area contributed by atoms with Crippen LogP contribution < -0.4 is 5.32 Å². The fourth-order valence-corrected chi connectivity index (χ4v) is 1.76. The Morgan fingerprint density at radius 3 is 2.56 bits per heavy atom. The van der Waals surface area contributed by atoms with Crippen molar-refractivity contribution in [3.8, 4) is 11.3 Å². The molecule has 0 amide bonds. The lowest BCUT2D eigenvalue weighted by molar-refractivity contribution is 0.628. The molecule has 0 saturated heterocycles. The normalized spacial score (nSPS) is 10.7. The van der Waals surface area contributed by atoms with Crippen molar-refractivity contribution in [2.75, 3.05) is 7.05 Å². The summed E-state index contributed by atoms with van der Waals surface area (Å²) >= 11 is 0. The first-order valence-electron chi connectivity index (χ1n) is 5.29. The predicted octanol–water partition coefficient (Wildman–Crippen LogP) is 2.85. The average molecular weight is 218 g/mol. The number of H-pyrrole nitrogens is 1. The van der Waals surface area contributed by atoms with Gasteiger partial charge in [-0.15, -0.1) is 0 Å². The second kappa shape index (κ2) is 4.49. The third kappa shape index (κ3) is 2.14. The van der Waals surface area contributed by atoms with Gasteiger partial charge < -0.3 is 10.3 Å². The molecule has 2 rings (SSSR count). The standard InChI is InChI=1S/C13H15FN2/c1-9-11(8-15-2)7-13(16-9)10-3-5-12(14)6-4-10/h3-7,15-16H,8H2,1-2H3. The molecule has 0 aliphatic rings. The molecule has 16 heavy (non-hydrogen) atoms. The molecule has 0 fully saturated rings. The van der Waals surface area contributed by atoms with Crippen LogP contribution in [0.25, 0.3) is 11.3 Å². The molecule has 2 N–H and O–H groups in total. The Hall–Kier alpha value is -1.61. The van der Waals surface area contributed by atoms with Crippen LogP contribution in [0, 0.1) is 12.7 Å². The first kappa shape index (κ1) is 10.9. The molecule has 0 unspecified atom stereocenters. The lowest BCUT2D eigenvalue weighted by Crippen LogP contribution is -2.04. The first-order valence-corrected chi connectivity index (χ1v) is 5.29. The quantitative estimate of drug-likeness (QED) is 0.814. The van der Waals surface area contributed by atoms with Crippen molar-refractivity contribution < 1.29 is 4.39 Å². The van der Waals surface area contributed by atoms with Crippen LogP contribution in [0.3, 0.4) is 0 Å². The third-order valence-electron chi connectivity index (χ3n) is 2.64. The van der Waals surface area contributed by atoms with Gasteiger partial charge in [0.1, 0.15) is 5.82 Å². The van der Waals surface area contributed by atoms with Crippen molar-refractivity contribution in [3.63, 3.8) is 0 Å². The maximum Gasteiger partial charge on any atom is 0.123 e. The predicted molar refractivity (Wildman–Crippen MR) is 63.7 cm³/mol. The highest BCUT2D eigenvalue weighted by atomic mass is 19.1. The van der Waals surface area contributed by atoms with Crippen molar-refractivity contribution in [2.45, 2.75) is 13.5 Å². The van der Waals surface area contributed by atoms with Crippen LogP contribution in [0.5, 0.6) is 0 Å². The minimum atomic E-state index is -0.206. The highest BCUT2D eigenvalue weighted by Gasteiger charge is 2.05. The van der Waals surface area contributed by atoms with Gasteiger partial charge in [0.05, 0.1) is 0 Å². The number of nitrogens with one attached hydrogen (secondary N) is 2. The van der Waals surface area contributed by atoms with Crippen LogP contribution in [-0.4, -0.2) is 12.0 Å². The molecule has 1 aromatic heterocycles. The maximum atomic E-state index is 12.8. The number of aromatic nitrogens is 1. The van der Waals surface area contributed by atoms with Crippen LogP contribution in [-0.2, 0) is 6.54 Å². The van der Waals surface area contributed by atoms with E-state index in [4.69, 9.17) is 0 Å². The van der Waals surface area contributed by atoms with Crippen molar-refractivity contribution in [3.05, 3.63) is 47.4 Å². The van der Waals surface area contributed by atoms with E-state index in [0.717, 1.165) is 23.5 Å². The zero-order valence-corrected chi connectivity index (χ0v) is 9.47. The summed E-state index contributed by atoms with van der Waals surface area (Å²) < 4.78 is 12.8. The Labute approximate surface area is 94.5 Å². The van der Waals surface area contributed by atoms with E-state index in [1.165, 1.54) is 17.7 Å². The molecule has 0 aliphatic carbocycles. The van der Waals surface area contributed by atoms with Crippen molar-refractivity contribution in [2.24, 2.45) is 0 Å². The Bertz CT molecular complexity index is 471. The van der Waals surface area contributed by atoms with E-state index in [1.807, 2.05) is 14.0 Å². The fraction of sp³-hybridized carbons (Fsp3) is 0.231. The van der Waals surface area contributed by atoms with E-state index in [1.54, 1.807) is 12.1 Å². The van der Waals surface area contributed by atoms with Crippen LogP contribution in [0.2, 0.25) is 0 Å². The van der Waals surface area contributed by atoms with E-state index in [0.29, 0.717) is 0 Å². The number of aryl methyl sites for hydroxylation is 1. The molecule has 84 valence electrons. The van der Waals surface area contributed by atoms with E-state index in [9.17, 15) is 4.39 Å². The summed E-state index contributed by atoms with van der Waals surface area (Å²) in [7, 11) is 1.92. The smallest absolute Gasteiger partial charge is 0.123 e. The van der Waals surface area contributed by atoms with E-state index >= 15 is 0 Å². The van der Waals surface area contributed by atoms with Gasteiger partial charge in [0.25, 0.3) is 0 Å². The summed E-state index contributed by atoms with van der Waals surface area (Å²) in [6, 6.07) is 8.61. The van der Waals surface area contributed by atoms with E-state index in [-0.39, 0.29) is 5.82 Å². The summed E-state index contributed by atoms with van der Waals surface area (Å²) in [5, 5.41) is 3.12. The monoisotopic (exact) mass is 218 g/mol. The second-order valence-corrected chi connectivity index (χ2v) is 3.87. The first-order chi connectivity index (χ1) is 7.70. The molecule has 2 aromatic rings. The summed E-state index contributed by atoms with van der Waals surface area (Å²) in [6.45, 7) is 2.88. The van der Waals surface area contributed by atoms with E-state index < -0.39 is 0 Å². The highest BCUT2D eigenvalue weighted by Crippen LogP contribution is 2.21. The summed E-state index contributed by atoms with van der Waals surface area (Å²) in [5.74, 6) is -0.206. The van der Waals surface area contributed by atoms with Gasteiger partial charge in [0, 0.05) is 17.9 Å². The van der Waals surface area contributed by atoms with E-state index in [2.05, 4.69) is 16.4 Å². The average Bonchev–Trinajstić information content (AvgIpc) is 2.62. The molecule has 0 atom stereocenters. The number of hydrogen-bond donors (Lipinski definition) is 2. The van der Waals surface area contributed by atoms with Gasteiger partial charge in [-0.3, -0.25) is 0 Å². The highest BCUT2D eigenvalue weighted by molar-refractivity contribution is 5.61. The number of aromatic amines is 1. The van der Waals surface area contributed by atoms with Gasteiger partial charge in [-0.05, 0) is 55.4 Å². The molecule has 2 nitrogen and oxygen atoms in total. The Balaban J connectivity index is 2.33. The van der Waals surface area contributed by atoms with Crippen molar-refractivity contribution in [1.82, 2.24) is 10.3 Å². The van der Waals surface area contributed by atoms with Gasteiger partial charge in [-0.2, -0.15) is 0 Å².